The lowest BCUT2D eigenvalue weighted by Crippen LogP contribution is -2.47. The summed E-state index contributed by atoms with van der Waals surface area (Å²) in [6, 6.07) is 24.0. The van der Waals surface area contributed by atoms with Crippen LogP contribution >= 0.6 is 0 Å². The molecule has 0 aromatic heterocycles. The second-order valence-corrected chi connectivity index (χ2v) is 9.06. The Balaban J connectivity index is 1.53. The van der Waals surface area contributed by atoms with E-state index < -0.39 is 0 Å². The van der Waals surface area contributed by atoms with Crippen LogP contribution in [0.4, 0.5) is 11.4 Å². The largest absolute Gasteiger partial charge is 0.368 e. The monoisotopic (exact) mass is 451 g/mol. The zero-order valence-electron chi connectivity index (χ0n) is 19.9. The molecule has 0 aliphatic carbocycles. The van der Waals surface area contributed by atoms with Crippen LogP contribution in [0.15, 0.2) is 78.5 Å². The molecule has 0 bridgehead atoms. The molecule has 34 heavy (non-hydrogen) atoms. The number of hydrogen-bond acceptors (Lipinski definition) is 4. The van der Waals surface area contributed by atoms with Crippen molar-refractivity contribution in [1.29, 1.82) is 0 Å². The van der Waals surface area contributed by atoms with Crippen molar-refractivity contribution in [3.8, 4) is 0 Å². The quantitative estimate of drug-likeness (QED) is 0.539. The summed E-state index contributed by atoms with van der Waals surface area (Å²) >= 11 is 0. The Morgan fingerprint density at radius 3 is 1.97 bits per heavy atom. The molecule has 5 heteroatoms. The van der Waals surface area contributed by atoms with Crippen molar-refractivity contribution >= 4 is 28.8 Å². The Hall–Kier alpha value is -3.86. The van der Waals surface area contributed by atoms with E-state index in [4.69, 9.17) is 0 Å². The predicted molar refractivity (Wildman–Crippen MR) is 137 cm³/mol. The van der Waals surface area contributed by atoms with Crippen molar-refractivity contribution in [2.24, 2.45) is 0 Å². The number of carbonyl (C=O) groups excluding carboxylic acids is 2. The molecule has 2 heterocycles. The van der Waals surface area contributed by atoms with Crippen LogP contribution in [0.25, 0.3) is 5.57 Å². The average molecular weight is 452 g/mol. The van der Waals surface area contributed by atoms with Gasteiger partial charge in [-0.25, -0.2) is 4.90 Å². The predicted octanol–water partition coefficient (Wildman–Crippen LogP) is 4.72. The number of benzene rings is 3. The van der Waals surface area contributed by atoms with Gasteiger partial charge in [-0.1, -0.05) is 60.2 Å². The molecule has 172 valence electrons. The van der Waals surface area contributed by atoms with Gasteiger partial charge in [0.1, 0.15) is 5.70 Å². The van der Waals surface area contributed by atoms with Gasteiger partial charge >= 0.3 is 0 Å². The van der Waals surface area contributed by atoms with Crippen LogP contribution in [0.2, 0.25) is 0 Å². The van der Waals surface area contributed by atoms with Crippen molar-refractivity contribution in [3.63, 3.8) is 0 Å². The molecule has 2 aliphatic rings. The summed E-state index contributed by atoms with van der Waals surface area (Å²) < 4.78 is 0. The van der Waals surface area contributed by atoms with Gasteiger partial charge in [-0.05, 0) is 55.7 Å². The summed E-state index contributed by atoms with van der Waals surface area (Å²) in [6.07, 6.45) is 0. The summed E-state index contributed by atoms with van der Waals surface area (Å²) in [5, 5.41) is 0. The topological polar surface area (TPSA) is 43.9 Å². The third-order valence-electron chi connectivity index (χ3n) is 6.93. The number of nitrogens with zero attached hydrogens (tertiary/aromatic N) is 3. The summed E-state index contributed by atoms with van der Waals surface area (Å²) in [5.41, 5.74) is 6.77. The lowest BCUT2D eigenvalue weighted by atomic mass is 10.0. The van der Waals surface area contributed by atoms with Crippen LogP contribution in [-0.2, 0) is 9.59 Å². The molecule has 1 fully saturated rings. The molecular weight excluding hydrogens is 422 g/mol. The minimum Gasteiger partial charge on any atom is -0.368 e. The number of anilines is 2. The van der Waals surface area contributed by atoms with Crippen LogP contribution in [0.1, 0.15) is 22.3 Å². The zero-order valence-corrected chi connectivity index (χ0v) is 19.9. The summed E-state index contributed by atoms with van der Waals surface area (Å²) in [6.45, 7) is 8.93. The highest BCUT2D eigenvalue weighted by Crippen LogP contribution is 2.37. The number of imide groups is 1. The maximum atomic E-state index is 13.9. The molecule has 3 aromatic carbocycles. The molecule has 5 nitrogen and oxygen atoms in total. The number of rotatable bonds is 4. The number of amides is 2. The van der Waals surface area contributed by atoms with E-state index in [1.807, 2.05) is 81.4 Å². The number of aryl methyl sites for hydroxylation is 2. The van der Waals surface area contributed by atoms with Crippen LogP contribution < -0.4 is 9.80 Å². The molecule has 0 N–H and O–H groups in total. The fourth-order valence-corrected chi connectivity index (χ4v) is 4.82. The van der Waals surface area contributed by atoms with Gasteiger partial charge < -0.3 is 9.80 Å². The molecule has 0 radical (unpaired) electrons. The average Bonchev–Trinajstić information content (AvgIpc) is 3.12. The molecule has 0 saturated carbocycles. The van der Waals surface area contributed by atoms with Gasteiger partial charge in [0.25, 0.3) is 11.8 Å². The van der Waals surface area contributed by atoms with Gasteiger partial charge in [0.15, 0.2) is 0 Å². The number of para-hydroxylation sites is 1. The van der Waals surface area contributed by atoms with Crippen LogP contribution in [0, 0.1) is 20.8 Å². The van der Waals surface area contributed by atoms with Gasteiger partial charge in [0.05, 0.1) is 11.3 Å². The normalized spacial score (nSPS) is 16.6. The Labute approximate surface area is 200 Å². The molecule has 2 aliphatic heterocycles. The maximum absolute atomic E-state index is 13.9. The Morgan fingerprint density at radius 2 is 1.29 bits per heavy atom. The molecule has 0 unspecified atom stereocenters. The maximum Gasteiger partial charge on any atom is 0.282 e. The Bertz CT molecular complexity index is 1270. The minimum atomic E-state index is -0.247. The van der Waals surface area contributed by atoms with E-state index in [-0.39, 0.29) is 11.8 Å². The van der Waals surface area contributed by atoms with Gasteiger partial charge in [0, 0.05) is 31.9 Å². The van der Waals surface area contributed by atoms with Crippen molar-refractivity contribution in [1.82, 2.24) is 4.90 Å². The van der Waals surface area contributed by atoms with E-state index in [1.165, 1.54) is 10.6 Å². The van der Waals surface area contributed by atoms with Crippen LogP contribution in [-0.4, -0.2) is 42.9 Å². The van der Waals surface area contributed by atoms with E-state index in [0.717, 1.165) is 35.3 Å². The van der Waals surface area contributed by atoms with E-state index in [1.54, 1.807) is 0 Å². The van der Waals surface area contributed by atoms with Gasteiger partial charge in [-0.15, -0.1) is 0 Å². The fourth-order valence-electron chi connectivity index (χ4n) is 4.82. The molecule has 0 spiro atoms. The first-order valence-corrected chi connectivity index (χ1v) is 11.8. The number of hydrogen-bond donors (Lipinski definition) is 0. The third-order valence-corrected chi connectivity index (χ3v) is 6.93. The minimum absolute atomic E-state index is 0.234. The Morgan fingerprint density at radius 1 is 0.647 bits per heavy atom. The van der Waals surface area contributed by atoms with Gasteiger partial charge in [-0.3, -0.25) is 9.59 Å². The SMILES string of the molecule is Cc1ccc(C2=C(N3CCN(c4ccccc4)CC3)C(=O)N(c3cccc(C)c3C)C2=O)cc1. The summed E-state index contributed by atoms with van der Waals surface area (Å²) in [7, 11) is 0. The third kappa shape index (κ3) is 3.77. The van der Waals surface area contributed by atoms with E-state index in [2.05, 4.69) is 21.9 Å². The highest BCUT2D eigenvalue weighted by molar-refractivity contribution is 6.45. The number of piperazine rings is 1. The molecule has 5 rings (SSSR count). The summed E-state index contributed by atoms with van der Waals surface area (Å²) in [4.78, 5) is 33.5. The molecule has 0 atom stereocenters. The van der Waals surface area contributed by atoms with Crippen molar-refractivity contribution in [2.45, 2.75) is 20.8 Å². The van der Waals surface area contributed by atoms with Crippen molar-refractivity contribution < 1.29 is 9.59 Å². The van der Waals surface area contributed by atoms with Gasteiger partial charge in [0.2, 0.25) is 0 Å². The standard InChI is InChI=1S/C29H29N3O2/c1-20-12-14-23(15-13-20)26-27(31-18-16-30(17-19-31)24-9-5-4-6-10-24)29(34)32(28(26)33)25-11-7-8-21(2)22(25)3/h4-15H,16-19H2,1-3H3. The lowest BCUT2D eigenvalue weighted by Gasteiger charge is -2.37. The lowest BCUT2D eigenvalue weighted by molar-refractivity contribution is -0.120. The molecule has 1 saturated heterocycles. The number of carbonyl (C=O) groups is 2. The first-order chi connectivity index (χ1) is 16.5. The molecule has 2 amide bonds. The fraction of sp³-hybridized carbons (Fsp3) is 0.241. The first kappa shape index (κ1) is 22.0. The highest BCUT2D eigenvalue weighted by atomic mass is 16.2. The van der Waals surface area contributed by atoms with Crippen molar-refractivity contribution in [3.05, 3.63) is 101 Å². The van der Waals surface area contributed by atoms with Crippen LogP contribution in [0.5, 0.6) is 0 Å². The van der Waals surface area contributed by atoms with E-state index in [0.29, 0.717) is 30.0 Å². The summed E-state index contributed by atoms with van der Waals surface area (Å²) in [5.74, 6) is -0.481. The first-order valence-electron chi connectivity index (χ1n) is 11.8. The van der Waals surface area contributed by atoms with Gasteiger partial charge in [-0.2, -0.15) is 0 Å². The molecule has 3 aromatic rings. The highest BCUT2D eigenvalue weighted by Gasteiger charge is 2.43. The second kappa shape index (κ2) is 8.82. The zero-order chi connectivity index (χ0) is 23.8. The van der Waals surface area contributed by atoms with E-state index >= 15 is 0 Å². The Kier molecular flexibility index (Phi) is 5.70. The van der Waals surface area contributed by atoms with Crippen molar-refractivity contribution in [2.75, 3.05) is 36.0 Å². The van der Waals surface area contributed by atoms with Crippen LogP contribution in [0.3, 0.4) is 0 Å². The smallest absolute Gasteiger partial charge is 0.282 e. The van der Waals surface area contributed by atoms with E-state index in [9.17, 15) is 9.59 Å². The molecular formula is C29H29N3O2. The second-order valence-electron chi connectivity index (χ2n) is 9.06.